The summed E-state index contributed by atoms with van der Waals surface area (Å²) in [4.78, 5) is 12.7. The summed E-state index contributed by atoms with van der Waals surface area (Å²) < 4.78 is 27.9. The standard InChI is InChI=1S/C20H25ClN2O3S/c1-15(2)12-13-22-20(24)19(14-16-6-4-3-5-7-16)23-27(25,26)18-10-8-17(21)9-11-18/h3-11,15,19,23H,12-14H2,1-2H3,(H,22,24). The molecule has 0 heterocycles. The average Bonchev–Trinajstić information content (AvgIpc) is 2.62. The number of sulfonamides is 1. The molecule has 0 aliphatic carbocycles. The molecule has 27 heavy (non-hydrogen) atoms. The maximum absolute atomic E-state index is 12.7. The van der Waals surface area contributed by atoms with Crippen LogP contribution in [0.1, 0.15) is 25.8 Å². The van der Waals surface area contributed by atoms with Crippen molar-refractivity contribution in [1.82, 2.24) is 10.0 Å². The Bertz CT molecular complexity index is 837. The Morgan fingerprint density at radius 3 is 2.26 bits per heavy atom. The molecule has 5 nitrogen and oxygen atoms in total. The second-order valence-corrected chi connectivity index (χ2v) is 8.94. The first-order chi connectivity index (χ1) is 12.8. The van der Waals surface area contributed by atoms with E-state index in [9.17, 15) is 13.2 Å². The number of benzene rings is 2. The summed E-state index contributed by atoms with van der Waals surface area (Å²) in [7, 11) is -3.85. The molecular formula is C20H25ClN2O3S. The molecule has 0 saturated carbocycles. The van der Waals surface area contributed by atoms with Gasteiger partial charge in [0.15, 0.2) is 0 Å². The minimum Gasteiger partial charge on any atom is -0.355 e. The average molecular weight is 409 g/mol. The number of halogens is 1. The van der Waals surface area contributed by atoms with Crippen LogP contribution in [0.25, 0.3) is 0 Å². The molecule has 0 spiro atoms. The number of amides is 1. The molecule has 0 fully saturated rings. The number of carbonyl (C=O) groups is 1. The second kappa shape index (κ2) is 9.88. The molecule has 2 N–H and O–H groups in total. The third kappa shape index (κ3) is 6.97. The smallest absolute Gasteiger partial charge is 0.241 e. The van der Waals surface area contributed by atoms with Gasteiger partial charge in [0.05, 0.1) is 4.90 Å². The van der Waals surface area contributed by atoms with E-state index in [0.717, 1.165) is 12.0 Å². The lowest BCUT2D eigenvalue weighted by molar-refractivity contribution is -0.122. The minimum absolute atomic E-state index is 0.0694. The Morgan fingerprint density at radius 2 is 1.67 bits per heavy atom. The van der Waals surface area contributed by atoms with E-state index < -0.39 is 16.1 Å². The first kappa shape index (κ1) is 21.4. The molecule has 0 radical (unpaired) electrons. The zero-order valence-electron chi connectivity index (χ0n) is 15.5. The van der Waals surface area contributed by atoms with Gasteiger partial charge in [0.25, 0.3) is 0 Å². The molecule has 2 rings (SSSR count). The van der Waals surface area contributed by atoms with Gasteiger partial charge >= 0.3 is 0 Å². The first-order valence-corrected chi connectivity index (χ1v) is 10.7. The Morgan fingerprint density at radius 1 is 1.04 bits per heavy atom. The third-order valence-corrected chi connectivity index (χ3v) is 5.78. The monoisotopic (exact) mass is 408 g/mol. The van der Waals surface area contributed by atoms with Crippen LogP contribution in [0.4, 0.5) is 0 Å². The topological polar surface area (TPSA) is 75.3 Å². The normalized spacial score (nSPS) is 12.7. The van der Waals surface area contributed by atoms with Crippen molar-refractivity contribution >= 4 is 27.5 Å². The van der Waals surface area contributed by atoms with E-state index in [1.165, 1.54) is 24.3 Å². The lowest BCUT2D eigenvalue weighted by atomic mass is 10.1. The molecule has 2 aromatic rings. The number of hydrogen-bond acceptors (Lipinski definition) is 3. The summed E-state index contributed by atoms with van der Waals surface area (Å²) in [5, 5.41) is 3.28. The van der Waals surface area contributed by atoms with Crippen LogP contribution in [-0.2, 0) is 21.2 Å². The lowest BCUT2D eigenvalue weighted by Gasteiger charge is -2.19. The lowest BCUT2D eigenvalue weighted by Crippen LogP contribution is -2.48. The van der Waals surface area contributed by atoms with Crippen LogP contribution in [0.2, 0.25) is 5.02 Å². The van der Waals surface area contributed by atoms with E-state index in [-0.39, 0.29) is 17.2 Å². The fourth-order valence-corrected chi connectivity index (χ4v) is 3.84. The predicted molar refractivity (Wildman–Crippen MR) is 108 cm³/mol. The van der Waals surface area contributed by atoms with E-state index >= 15 is 0 Å². The molecule has 0 bridgehead atoms. The van der Waals surface area contributed by atoms with Crippen molar-refractivity contribution < 1.29 is 13.2 Å². The van der Waals surface area contributed by atoms with Crippen molar-refractivity contribution in [2.45, 2.75) is 37.6 Å². The summed E-state index contributed by atoms with van der Waals surface area (Å²) in [6.45, 7) is 4.64. The molecule has 2 aromatic carbocycles. The Balaban J connectivity index is 2.17. The molecule has 0 aromatic heterocycles. The number of rotatable bonds is 9. The Kier molecular flexibility index (Phi) is 7.83. The van der Waals surface area contributed by atoms with Crippen molar-refractivity contribution in [2.75, 3.05) is 6.54 Å². The van der Waals surface area contributed by atoms with Gasteiger partial charge in [0.1, 0.15) is 6.04 Å². The van der Waals surface area contributed by atoms with Gasteiger partial charge in [0, 0.05) is 11.6 Å². The van der Waals surface area contributed by atoms with Crippen molar-refractivity contribution in [1.29, 1.82) is 0 Å². The fourth-order valence-electron chi connectivity index (χ4n) is 2.51. The molecular weight excluding hydrogens is 384 g/mol. The molecule has 0 aliphatic rings. The van der Waals surface area contributed by atoms with Gasteiger partial charge in [-0.2, -0.15) is 4.72 Å². The number of nitrogens with one attached hydrogen (secondary N) is 2. The van der Waals surface area contributed by atoms with Crippen LogP contribution in [0.5, 0.6) is 0 Å². The molecule has 7 heteroatoms. The largest absolute Gasteiger partial charge is 0.355 e. The van der Waals surface area contributed by atoms with E-state index in [4.69, 9.17) is 11.6 Å². The molecule has 1 atom stereocenters. The number of hydrogen-bond donors (Lipinski definition) is 2. The van der Waals surface area contributed by atoms with E-state index in [0.29, 0.717) is 17.5 Å². The molecule has 146 valence electrons. The Labute approximate surface area is 166 Å². The summed E-state index contributed by atoms with van der Waals surface area (Å²) in [6.07, 6.45) is 1.09. The fraction of sp³-hybridized carbons (Fsp3) is 0.350. The maximum atomic E-state index is 12.7. The van der Waals surface area contributed by atoms with Crippen molar-refractivity contribution in [3.8, 4) is 0 Å². The van der Waals surface area contributed by atoms with Gasteiger partial charge in [-0.1, -0.05) is 55.8 Å². The predicted octanol–water partition coefficient (Wildman–Crippen LogP) is 3.39. The summed E-state index contributed by atoms with van der Waals surface area (Å²) in [5.41, 5.74) is 0.875. The van der Waals surface area contributed by atoms with Crippen molar-refractivity contribution in [3.63, 3.8) is 0 Å². The Hall–Kier alpha value is -1.89. The highest BCUT2D eigenvalue weighted by Gasteiger charge is 2.26. The van der Waals surface area contributed by atoms with Gasteiger partial charge in [-0.15, -0.1) is 0 Å². The molecule has 1 amide bonds. The highest BCUT2D eigenvalue weighted by Crippen LogP contribution is 2.15. The molecule has 0 saturated heterocycles. The second-order valence-electron chi connectivity index (χ2n) is 6.79. The molecule has 0 aliphatic heterocycles. The van der Waals surface area contributed by atoms with Gasteiger partial charge in [0.2, 0.25) is 15.9 Å². The van der Waals surface area contributed by atoms with E-state index in [1.807, 2.05) is 30.3 Å². The summed E-state index contributed by atoms with van der Waals surface area (Å²) >= 11 is 5.83. The molecule has 1 unspecified atom stereocenters. The van der Waals surface area contributed by atoms with Crippen LogP contribution < -0.4 is 10.0 Å². The van der Waals surface area contributed by atoms with Gasteiger partial charge < -0.3 is 5.32 Å². The maximum Gasteiger partial charge on any atom is 0.241 e. The quantitative estimate of drug-likeness (QED) is 0.667. The van der Waals surface area contributed by atoms with Crippen LogP contribution in [0, 0.1) is 5.92 Å². The van der Waals surface area contributed by atoms with Crippen LogP contribution in [0.15, 0.2) is 59.5 Å². The number of carbonyl (C=O) groups excluding carboxylic acids is 1. The zero-order valence-corrected chi connectivity index (χ0v) is 17.1. The van der Waals surface area contributed by atoms with Crippen molar-refractivity contribution in [3.05, 3.63) is 65.2 Å². The van der Waals surface area contributed by atoms with Gasteiger partial charge in [-0.25, -0.2) is 8.42 Å². The summed E-state index contributed by atoms with van der Waals surface area (Å²) in [6, 6.07) is 14.3. The minimum atomic E-state index is -3.85. The highest BCUT2D eigenvalue weighted by molar-refractivity contribution is 7.89. The highest BCUT2D eigenvalue weighted by atomic mass is 35.5. The van der Waals surface area contributed by atoms with E-state index in [1.54, 1.807) is 0 Å². The van der Waals surface area contributed by atoms with Gasteiger partial charge in [-0.3, -0.25) is 4.79 Å². The van der Waals surface area contributed by atoms with Gasteiger partial charge in [-0.05, 0) is 48.6 Å². The zero-order chi connectivity index (χ0) is 19.9. The SMILES string of the molecule is CC(C)CCNC(=O)C(Cc1ccccc1)NS(=O)(=O)c1ccc(Cl)cc1. The third-order valence-electron chi connectivity index (χ3n) is 4.04. The van der Waals surface area contributed by atoms with Crippen LogP contribution >= 0.6 is 11.6 Å². The first-order valence-electron chi connectivity index (χ1n) is 8.87. The van der Waals surface area contributed by atoms with Crippen LogP contribution in [-0.4, -0.2) is 26.9 Å². The van der Waals surface area contributed by atoms with Crippen molar-refractivity contribution in [2.24, 2.45) is 5.92 Å². The van der Waals surface area contributed by atoms with E-state index in [2.05, 4.69) is 23.9 Å². The summed E-state index contributed by atoms with van der Waals surface area (Å²) in [5.74, 6) is 0.112. The van der Waals surface area contributed by atoms with Crippen LogP contribution in [0.3, 0.4) is 0 Å².